The fraction of sp³-hybridized carbons (Fsp3) is 0.562. The molecule has 1 unspecified atom stereocenters. The Kier molecular flexibility index (Phi) is 5.98. The summed E-state index contributed by atoms with van der Waals surface area (Å²) in [7, 11) is 0. The van der Waals surface area contributed by atoms with Crippen molar-refractivity contribution in [3.63, 3.8) is 0 Å². The van der Waals surface area contributed by atoms with Crippen molar-refractivity contribution in [2.75, 3.05) is 11.4 Å². The molecule has 1 aliphatic heterocycles. The highest BCUT2D eigenvalue weighted by atomic mass is 19.3. The smallest absolute Gasteiger partial charge is 0.414 e. The van der Waals surface area contributed by atoms with E-state index in [9.17, 15) is 13.6 Å². The van der Waals surface area contributed by atoms with Crippen LogP contribution < -0.4 is 9.64 Å². The Labute approximate surface area is 129 Å². The van der Waals surface area contributed by atoms with Crippen LogP contribution in [0.15, 0.2) is 24.3 Å². The van der Waals surface area contributed by atoms with E-state index >= 15 is 0 Å². The van der Waals surface area contributed by atoms with Crippen molar-refractivity contribution in [1.29, 1.82) is 0 Å². The molecular weight excluding hydrogens is 292 g/mol. The Morgan fingerprint density at radius 2 is 2.18 bits per heavy atom. The highest BCUT2D eigenvalue weighted by molar-refractivity contribution is 5.89. The van der Waals surface area contributed by atoms with Crippen LogP contribution in [-0.2, 0) is 4.74 Å². The second-order valence-corrected chi connectivity index (χ2v) is 5.34. The Bertz CT molecular complexity index is 496. The number of alkyl halides is 2. The second-order valence-electron chi connectivity index (χ2n) is 5.34. The zero-order valence-electron chi connectivity index (χ0n) is 12.6. The first kappa shape index (κ1) is 16.5. The number of carbonyl (C=O) groups excluding carboxylic acids is 1. The third-order valence-corrected chi connectivity index (χ3v) is 3.61. The number of anilines is 1. The summed E-state index contributed by atoms with van der Waals surface area (Å²) in [5, 5.41) is 0. The van der Waals surface area contributed by atoms with Gasteiger partial charge in [-0.05, 0) is 25.0 Å². The first-order chi connectivity index (χ1) is 10.6. The summed E-state index contributed by atoms with van der Waals surface area (Å²) < 4.78 is 34.2. The van der Waals surface area contributed by atoms with Crippen LogP contribution in [0.5, 0.6) is 5.75 Å². The number of unbranched alkanes of at least 4 members (excludes halogenated alkanes) is 3. The summed E-state index contributed by atoms with van der Waals surface area (Å²) in [5.74, 6) is 0.0340. The molecule has 0 spiro atoms. The van der Waals surface area contributed by atoms with Gasteiger partial charge in [0.1, 0.15) is 11.9 Å². The van der Waals surface area contributed by atoms with E-state index in [0.717, 1.165) is 25.7 Å². The van der Waals surface area contributed by atoms with Crippen LogP contribution in [0.3, 0.4) is 0 Å². The number of ether oxygens (including phenoxy) is 2. The normalized spacial score (nSPS) is 17.9. The van der Waals surface area contributed by atoms with Crippen molar-refractivity contribution in [1.82, 2.24) is 0 Å². The molecule has 0 N–H and O–H groups in total. The molecule has 0 radical (unpaired) electrons. The molecule has 1 aromatic rings. The number of amides is 1. The summed E-state index contributed by atoms with van der Waals surface area (Å²) in [5.41, 5.74) is 0.513. The molecule has 1 atom stereocenters. The number of rotatable bonds is 8. The molecule has 1 amide bonds. The highest BCUT2D eigenvalue weighted by Crippen LogP contribution is 2.27. The number of hydrogen-bond acceptors (Lipinski definition) is 3. The van der Waals surface area contributed by atoms with Crippen LogP contribution in [-0.4, -0.2) is 25.4 Å². The molecule has 1 saturated heterocycles. The van der Waals surface area contributed by atoms with E-state index in [1.54, 1.807) is 12.1 Å². The molecule has 0 aromatic heterocycles. The molecule has 0 bridgehead atoms. The lowest BCUT2D eigenvalue weighted by Crippen LogP contribution is -2.24. The fourth-order valence-electron chi connectivity index (χ4n) is 2.51. The minimum Gasteiger partial charge on any atom is -0.444 e. The van der Waals surface area contributed by atoms with Crippen LogP contribution >= 0.6 is 0 Å². The molecule has 1 heterocycles. The topological polar surface area (TPSA) is 38.8 Å². The lowest BCUT2D eigenvalue weighted by molar-refractivity contribution is -0.0498. The Hall–Kier alpha value is -1.85. The molecule has 1 fully saturated rings. The first-order valence-corrected chi connectivity index (χ1v) is 7.63. The van der Waals surface area contributed by atoms with E-state index in [1.165, 1.54) is 23.5 Å². The highest BCUT2D eigenvalue weighted by Gasteiger charge is 2.32. The Balaban J connectivity index is 1.93. The van der Waals surface area contributed by atoms with Gasteiger partial charge in [-0.15, -0.1) is 0 Å². The van der Waals surface area contributed by atoms with E-state index < -0.39 is 12.7 Å². The average Bonchev–Trinajstić information content (AvgIpc) is 2.84. The minimum atomic E-state index is -2.88. The van der Waals surface area contributed by atoms with Gasteiger partial charge in [0.2, 0.25) is 0 Å². The van der Waals surface area contributed by atoms with Crippen LogP contribution in [0.25, 0.3) is 0 Å². The predicted molar refractivity (Wildman–Crippen MR) is 79.4 cm³/mol. The standard InChI is InChI=1S/C16H21F2NO3/c1-2-3-4-5-8-14-11-19(16(20)22-14)12-7-6-9-13(10-12)21-15(17)18/h6-7,9-10,14-15H,2-5,8,11H2,1H3. The molecular formula is C16H21F2NO3. The van der Waals surface area contributed by atoms with E-state index in [2.05, 4.69) is 11.7 Å². The molecule has 22 heavy (non-hydrogen) atoms. The van der Waals surface area contributed by atoms with Gasteiger partial charge < -0.3 is 9.47 Å². The fourth-order valence-corrected chi connectivity index (χ4v) is 2.51. The zero-order valence-corrected chi connectivity index (χ0v) is 12.6. The number of cyclic esters (lactones) is 1. The van der Waals surface area contributed by atoms with Gasteiger partial charge in [0.15, 0.2) is 0 Å². The van der Waals surface area contributed by atoms with Gasteiger partial charge in [-0.3, -0.25) is 4.90 Å². The summed E-state index contributed by atoms with van der Waals surface area (Å²) in [4.78, 5) is 13.4. The van der Waals surface area contributed by atoms with E-state index in [0.29, 0.717) is 12.2 Å². The second kappa shape index (κ2) is 7.96. The maximum atomic E-state index is 12.2. The monoisotopic (exact) mass is 313 g/mol. The maximum absolute atomic E-state index is 12.2. The predicted octanol–water partition coefficient (Wildman–Crippen LogP) is 4.58. The van der Waals surface area contributed by atoms with E-state index in [4.69, 9.17) is 4.74 Å². The van der Waals surface area contributed by atoms with Gasteiger partial charge in [0.05, 0.1) is 12.2 Å². The number of halogens is 2. The zero-order chi connectivity index (χ0) is 15.9. The molecule has 6 heteroatoms. The summed E-state index contributed by atoms with van der Waals surface area (Å²) >= 11 is 0. The van der Waals surface area contributed by atoms with E-state index in [-0.39, 0.29) is 11.9 Å². The van der Waals surface area contributed by atoms with Crippen molar-refractivity contribution in [2.45, 2.75) is 51.7 Å². The third kappa shape index (κ3) is 4.58. The number of carbonyl (C=O) groups is 1. The van der Waals surface area contributed by atoms with Gasteiger partial charge in [0, 0.05) is 6.07 Å². The average molecular weight is 313 g/mol. The van der Waals surface area contributed by atoms with Crippen molar-refractivity contribution in [3.05, 3.63) is 24.3 Å². The minimum absolute atomic E-state index is 0.0340. The molecule has 1 aromatic carbocycles. The number of hydrogen-bond donors (Lipinski definition) is 0. The summed E-state index contributed by atoms with van der Waals surface area (Å²) in [6.45, 7) is -0.290. The Morgan fingerprint density at radius 1 is 1.36 bits per heavy atom. The lowest BCUT2D eigenvalue weighted by Gasteiger charge is -2.14. The van der Waals surface area contributed by atoms with Gasteiger partial charge >= 0.3 is 12.7 Å². The first-order valence-electron chi connectivity index (χ1n) is 7.63. The van der Waals surface area contributed by atoms with Crippen molar-refractivity contribution >= 4 is 11.8 Å². The van der Waals surface area contributed by atoms with Gasteiger partial charge in [-0.25, -0.2) is 4.79 Å². The molecule has 1 aliphatic rings. The van der Waals surface area contributed by atoms with Crippen LogP contribution in [0.2, 0.25) is 0 Å². The number of nitrogens with zero attached hydrogens (tertiary/aromatic N) is 1. The molecule has 0 saturated carbocycles. The lowest BCUT2D eigenvalue weighted by atomic mass is 10.1. The molecule has 122 valence electrons. The Morgan fingerprint density at radius 3 is 2.91 bits per heavy atom. The maximum Gasteiger partial charge on any atom is 0.414 e. The van der Waals surface area contributed by atoms with Crippen LogP contribution in [0.1, 0.15) is 39.0 Å². The van der Waals surface area contributed by atoms with Gasteiger partial charge in [-0.1, -0.05) is 32.3 Å². The van der Waals surface area contributed by atoms with Crippen LogP contribution in [0, 0.1) is 0 Å². The summed E-state index contributed by atoms with van der Waals surface area (Å²) in [6.07, 6.45) is 4.75. The van der Waals surface area contributed by atoms with Gasteiger partial charge in [0.25, 0.3) is 0 Å². The van der Waals surface area contributed by atoms with Gasteiger partial charge in [-0.2, -0.15) is 8.78 Å². The molecule has 2 rings (SSSR count). The van der Waals surface area contributed by atoms with Crippen molar-refractivity contribution in [2.24, 2.45) is 0 Å². The van der Waals surface area contributed by atoms with Crippen LogP contribution in [0.4, 0.5) is 19.3 Å². The molecule has 4 nitrogen and oxygen atoms in total. The number of benzene rings is 1. The summed E-state index contributed by atoms with van der Waals surface area (Å²) in [6, 6.07) is 6.11. The van der Waals surface area contributed by atoms with Crippen molar-refractivity contribution < 1.29 is 23.0 Å². The SMILES string of the molecule is CCCCCCC1CN(c2cccc(OC(F)F)c2)C(=O)O1. The largest absolute Gasteiger partial charge is 0.444 e. The van der Waals surface area contributed by atoms with E-state index in [1.807, 2.05) is 0 Å². The quantitative estimate of drug-likeness (QED) is 0.659. The molecule has 0 aliphatic carbocycles. The van der Waals surface area contributed by atoms with Crippen molar-refractivity contribution in [3.8, 4) is 5.75 Å². The third-order valence-electron chi connectivity index (χ3n) is 3.61.